The molecule has 128 valence electrons. The minimum Gasteiger partial charge on any atom is -0.352 e. The molecule has 4 heteroatoms. The predicted octanol–water partition coefficient (Wildman–Crippen LogP) is 3.99. The SMILES string of the molecule is CN(CCCCCNC(=O)c1cccc(F)c1)C1CCCCC1. The molecule has 1 N–H and O–H groups in total. The average Bonchev–Trinajstić information content (AvgIpc) is 2.58. The molecule has 1 aromatic carbocycles. The van der Waals surface area contributed by atoms with Crippen molar-refractivity contribution in [1.82, 2.24) is 10.2 Å². The van der Waals surface area contributed by atoms with Crippen LogP contribution in [0.25, 0.3) is 0 Å². The molecule has 2 rings (SSSR count). The van der Waals surface area contributed by atoms with Gasteiger partial charge in [0.05, 0.1) is 0 Å². The van der Waals surface area contributed by atoms with Crippen molar-refractivity contribution in [2.75, 3.05) is 20.1 Å². The Hall–Kier alpha value is -1.42. The van der Waals surface area contributed by atoms with Crippen molar-refractivity contribution in [3.63, 3.8) is 0 Å². The highest BCUT2D eigenvalue weighted by Crippen LogP contribution is 2.21. The quantitative estimate of drug-likeness (QED) is 0.735. The van der Waals surface area contributed by atoms with Crippen molar-refractivity contribution in [2.45, 2.75) is 57.4 Å². The number of unbranched alkanes of at least 4 members (excludes halogenated alkanes) is 2. The molecular formula is C19H29FN2O. The summed E-state index contributed by atoms with van der Waals surface area (Å²) >= 11 is 0. The van der Waals surface area contributed by atoms with Gasteiger partial charge in [-0.3, -0.25) is 4.79 Å². The summed E-state index contributed by atoms with van der Waals surface area (Å²) < 4.78 is 13.1. The first-order chi connectivity index (χ1) is 11.2. The molecule has 0 aromatic heterocycles. The third-order valence-corrected chi connectivity index (χ3v) is 4.76. The zero-order valence-corrected chi connectivity index (χ0v) is 14.2. The minimum absolute atomic E-state index is 0.191. The second-order valence-electron chi connectivity index (χ2n) is 6.60. The molecule has 23 heavy (non-hydrogen) atoms. The van der Waals surface area contributed by atoms with Gasteiger partial charge in [0, 0.05) is 18.2 Å². The van der Waals surface area contributed by atoms with E-state index in [0.717, 1.165) is 25.4 Å². The fourth-order valence-corrected chi connectivity index (χ4v) is 3.30. The number of benzene rings is 1. The van der Waals surface area contributed by atoms with Crippen molar-refractivity contribution >= 4 is 5.91 Å². The van der Waals surface area contributed by atoms with Crippen molar-refractivity contribution < 1.29 is 9.18 Å². The molecule has 0 aliphatic heterocycles. The number of halogens is 1. The Bertz CT molecular complexity index is 486. The van der Waals surface area contributed by atoms with Crippen LogP contribution in [0.3, 0.4) is 0 Å². The Morgan fingerprint density at radius 3 is 2.74 bits per heavy atom. The van der Waals surface area contributed by atoms with Crippen molar-refractivity contribution in [2.24, 2.45) is 0 Å². The first-order valence-electron chi connectivity index (χ1n) is 8.91. The van der Waals surface area contributed by atoms with Crippen LogP contribution in [0.1, 0.15) is 61.7 Å². The van der Waals surface area contributed by atoms with E-state index in [1.165, 1.54) is 50.7 Å². The van der Waals surface area contributed by atoms with Gasteiger partial charge in [-0.15, -0.1) is 0 Å². The molecule has 0 saturated heterocycles. The summed E-state index contributed by atoms with van der Waals surface area (Å²) in [6.45, 7) is 1.80. The molecule has 0 spiro atoms. The Balaban J connectivity index is 1.54. The zero-order valence-electron chi connectivity index (χ0n) is 14.2. The molecule has 0 radical (unpaired) electrons. The Morgan fingerprint density at radius 2 is 2.00 bits per heavy atom. The lowest BCUT2D eigenvalue weighted by Gasteiger charge is -2.31. The summed E-state index contributed by atoms with van der Waals surface area (Å²) in [6.07, 6.45) is 10.1. The van der Waals surface area contributed by atoms with Gasteiger partial charge >= 0.3 is 0 Å². The zero-order chi connectivity index (χ0) is 16.5. The van der Waals surface area contributed by atoms with E-state index in [-0.39, 0.29) is 11.7 Å². The molecule has 0 unspecified atom stereocenters. The number of hydrogen-bond donors (Lipinski definition) is 1. The maximum Gasteiger partial charge on any atom is 0.251 e. The lowest BCUT2D eigenvalue weighted by molar-refractivity contribution is 0.0952. The summed E-state index contributed by atoms with van der Waals surface area (Å²) in [5.74, 6) is -0.563. The van der Waals surface area contributed by atoms with Gasteiger partial charge in [-0.1, -0.05) is 31.7 Å². The second-order valence-corrected chi connectivity index (χ2v) is 6.60. The van der Waals surface area contributed by atoms with Crippen LogP contribution in [0.15, 0.2) is 24.3 Å². The van der Waals surface area contributed by atoms with Crippen LogP contribution in [-0.4, -0.2) is 37.0 Å². The number of rotatable bonds is 8. The predicted molar refractivity (Wildman–Crippen MR) is 92.1 cm³/mol. The van der Waals surface area contributed by atoms with E-state index in [0.29, 0.717) is 12.1 Å². The molecule has 0 bridgehead atoms. The maximum atomic E-state index is 13.1. The van der Waals surface area contributed by atoms with Crippen molar-refractivity contribution in [1.29, 1.82) is 0 Å². The summed E-state index contributed by atoms with van der Waals surface area (Å²) in [5.41, 5.74) is 0.391. The fourth-order valence-electron chi connectivity index (χ4n) is 3.30. The van der Waals surface area contributed by atoms with Crippen LogP contribution in [0.4, 0.5) is 4.39 Å². The van der Waals surface area contributed by atoms with Gasteiger partial charge in [0.2, 0.25) is 0 Å². The van der Waals surface area contributed by atoms with E-state index >= 15 is 0 Å². The van der Waals surface area contributed by atoms with Crippen molar-refractivity contribution in [3.05, 3.63) is 35.6 Å². The summed E-state index contributed by atoms with van der Waals surface area (Å²) in [6, 6.07) is 6.59. The largest absolute Gasteiger partial charge is 0.352 e. The smallest absolute Gasteiger partial charge is 0.251 e. The van der Waals surface area contributed by atoms with E-state index in [4.69, 9.17) is 0 Å². The van der Waals surface area contributed by atoms with Crippen LogP contribution in [0.2, 0.25) is 0 Å². The van der Waals surface area contributed by atoms with Crippen LogP contribution in [-0.2, 0) is 0 Å². The summed E-state index contributed by atoms with van der Waals surface area (Å²) in [4.78, 5) is 14.4. The van der Waals surface area contributed by atoms with E-state index in [2.05, 4.69) is 17.3 Å². The standard InChI is InChI=1S/C19H29FN2O/c1-22(18-11-4-2-5-12-18)14-7-3-6-13-21-19(23)16-9-8-10-17(20)15-16/h8-10,15,18H,2-7,11-14H2,1H3,(H,21,23). The number of amides is 1. The Morgan fingerprint density at radius 1 is 1.22 bits per heavy atom. The molecule has 1 aliphatic rings. The average molecular weight is 320 g/mol. The van der Waals surface area contributed by atoms with Gasteiger partial charge in [0.25, 0.3) is 5.91 Å². The Labute approximate surface area is 139 Å². The minimum atomic E-state index is -0.372. The maximum absolute atomic E-state index is 13.1. The van der Waals surface area contributed by atoms with Crippen LogP contribution in [0, 0.1) is 5.82 Å². The lowest BCUT2D eigenvalue weighted by Crippen LogP contribution is -2.34. The van der Waals surface area contributed by atoms with Crippen LogP contribution >= 0.6 is 0 Å². The van der Waals surface area contributed by atoms with E-state index < -0.39 is 0 Å². The summed E-state index contributed by atoms with van der Waals surface area (Å²) in [7, 11) is 2.24. The number of nitrogens with one attached hydrogen (secondary N) is 1. The van der Waals surface area contributed by atoms with Gasteiger partial charge in [-0.25, -0.2) is 4.39 Å². The van der Waals surface area contributed by atoms with Gasteiger partial charge in [-0.05, 0) is 57.5 Å². The fraction of sp³-hybridized carbons (Fsp3) is 0.632. The van der Waals surface area contributed by atoms with Crippen molar-refractivity contribution in [3.8, 4) is 0 Å². The first-order valence-corrected chi connectivity index (χ1v) is 8.91. The van der Waals surface area contributed by atoms with Crippen LogP contribution in [0.5, 0.6) is 0 Å². The molecular weight excluding hydrogens is 291 g/mol. The molecule has 0 atom stereocenters. The third-order valence-electron chi connectivity index (χ3n) is 4.76. The molecule has 0 heterocycles. The number of carbonyl (C=O) groups excluding carboxylic acids is 1. The third kappa shape index (κ3) is 6.30. The number of carbonyl (C=O) groups is 1. The second kappa shape index (κ2) is 9.66. The molecule has 3 nitrogen and oxygen atoms in total. The summed E-state index contributed by atoms with van der Waals surface area (Å²) in [5, 5.41) is 2.86. The number of hydrogen-bond acceptors (Lipinski definition) is 2. The number of nitrogens with zero attached hydrogens (tertiary/aromatic N) is 1. The molecule has 1 aliphatic carbocycles. The van der Waals surface area contributed by atoms with Gasteiger partial charge in [-0.2, -0.15) is 0 Å². The molecule has 1 aromatic rings. The van der Waals surface area contributed by atoms with Gasteiger partial charge < -0.3 is 10.2 Å². The first kappa shape index (κ1) is 17.9. The topological polar surface area (TPSA) is 32.3 Å². The van der Waals surface area contributed by atoms with Gasteiger partial charge in [0.15, 0.2) is 0 Å². The monoisotopic (exact) mass is 320 g/mol. The normalized spacial score (nSPS) is 15.8. The molecule has 1 saturated carbocycles. The highest BCUT2D eigenvalue weighted by molar-refractivity contribution is 5.94. The molecule has 1 amide bonds. The van der Waals surface area contributed by atoms with Gasteiger partial charge in [0.1, 0.15) is 5.82 Å². The van der Waals surface area contributed by atoms with E-state index in [1.54, 1.807) is 12.1 Å². The van der Waals surface area contributed by atoms with E-state index in [1.807, 2.05) is 0 Å². The Kier molecular flexibility index (Phi) is 7.53. The van der Waals surface area contributed by atoms with E-state index in [9.17, 15) is 9.18 Å². The lowest BCUT2D eigenvalue weighted by atomic mass is 9.94. The molecule has 1 fully saturated rings. The highest BCUT2D eigenvalue weighted by Gasteiger charge is 2.17. The highest BCUT2D eigenvalue weighted by atomic mass is 19.1. The van der Waals surface area contributed by atoms with Crippen LogP contribution < -0.4 is 5.32 Å².